The van der Waals surface area contributed by atoms with E-state index in [2.05, 4.69) is 20.2 Å². The molecule has 1 heterocycles. The topological polar surface area (TPSA) is 114 Å². The molecule has 2 aromatic rings. The standard InChI is InChI=1S/C14H18N4O4S/c1-10-3-5-11(6-4-10)14-17-13(22-18-14)9-15-12(19)7-8-16-23(2,20)21/h3-6,16H,7-9H2,1-2H3,(H,15,19). The number of hydrogen-bond donors (Lipinski definition) is 2. The summed E-state index contributed by atoms with van der Waals surface area (Å²) >= 11 is 0. The molecule has 0 aliphatic carbocycles. The molecule has 0 aliphatic rings. The molecule has 8 nitrogen and oxygen atoms in total. The molecule has 2 rings (SSSR count). The van der Waals surface area contributed by atoms with Gasteiger partial charge in [-0.1, -0.05) is 35.0 Å². The van der Waals surface area contributed by atoms with Crippen LogP contribution in [0.5, 0.6) is 0 Å². The van der Waals surface area contributed by atoms with Gasteiger partial charge in [0, 0.05) is 18.5 Å². The Bertz CT molecular complexity index is 768. The second-order valence-corrected chi connectivity index (χ2v) is 6.90. The van der Waals surface area contributed by atoms with Crippen molar-refractivity contribution in [3.63, 3.8) is 0 Å². The zero-order valence-corrected chi connectivity index (χ0v) is 13.7. The third kappa shape index (κ3) is 5.80. The minimum absolute atomic E-state index is 0.0338. The number of nitrogens with zero attached hydrogens (tertiary/aromatic N) is 2. The van der Waals surface area contributed by atoms with E-state index in [0.717, 1.165) is 17.4 Å². The fourth-order valence-electron chi connectivity index (χ4n) is 1.76. The maximum Gasteiger partial charge on any atom is 0.246 e. The van der Waals surface area contributed by atoms with Crippen molar-refractivity contribution in [1.29, 1.82) is 0 Å². The molecule has 0 aliphatic heterocycles. The molecule has 0 saturated carbocycles. The van der Waals surface area contributed by atoms with E-state index in [1.54, 1.807) is 0 Å². The number of aromatic nitrogens is 2. The zero-order chi connectivity index (χ0) is 16.9. The van der Waals surface area contributed by atoms with Crippen LogP contribution in [0.1, 0.15) is 17.9 Å². The van der Waals surface area contributed by atoms with Crippen LogP contribution in [0.2, 0.25) is 0 Å². The summed E-state index contributed by atoms with van der Waals surface area (Å²) in [5, 5.41) is 6.45. The number of benzene rings is 1. The van der Waals surface area contributed by atoms with Crippen LogP contribution in [-0.2, 0) is 21.4 Å². The van der Waals surface area contributed by atoms with Gasteiger partial charge >= 0.3 is 0 Å². The summed E-state index contributed by atoms with van der Waals surface area (Å²) in [6.07, 6.45) is 1.07. The van der Waals surface area contributed by atoms with E-state index >= 15 is 0 Å². The Kier molecular flexibility index (Phi) is 5.45. The Labute approximate surface area is 134 Å². The van der Waals surface area contributed by atoms with E-state index in [-0.39, 0.29) is 31.3 Å². The number of carbonyl (C=O) groups excluding carboxylic acids is 1. The molecule has 0 unspecified atom stereocenters. The summed E-state index contributed by atoms with van der Waals surface area (Å²) in [6.45, 7) is 2.12. The first-order valence-corrected chi connectivity index (χ1v) is 8.83. The fraction of sp³-hybridized carbons (Fsp3) is 0.357. The monoisotopic (exact) mass is 338 g/mol. The lowest BCUT2D eigenvalue weighted by atomic mass is 10.1. The summed E-state index contributed by atoms with van der Waals surface area (Å²) in [5.74, 6) is 0.425. The normalized spacial score (nSPS) is 11.4. The van der Waals surface area contributed by atoms with Crippen LogP contribution in [0.3, 0.4) is 0 Å². The average molecular weight is 338 g/mol. The smallest absolute Gasteiger partial charge is 0.246 e. The van der Waals surface area contributed by atoms with Crippen molar-refractivity contribution in [2.45, 2.75) is 19.9 Å². The van der Waals surface area contributed by atoms with Gasteiger partial charge in [-0.15, -0.1) is 0 Å². The summed E-state index contributed by atoms with van der Waals surface area (Å²) in [6, 6.07) is 7.67. The van der Waals surface area contributed by atoms with Crippen molar-refractivity contribution >= 4 is 15.9 Å². The first-order valence-electron chi connectivity index (χ1n) is 6.94. The molecule has 1 aromatic heterocycles. The molecule has 2 N–H and O–H groups in total. The van der Waals surface area contributed by atoms with E-state index in [1.165, 1.54) is 0 Å². The lowest BCUT2D eigenvalue weighted by Gasteiger charge is -2.02. The van der Waals surface area contributed by atoms with E-state index in [4.69, 9.17) is 4.52 Å². The molecule has 124 valence electrons. The van der Waals surface area contributed by atoms with Gasteiger partial charge in [0.2, 0.25) is 27.6 Å². The molecular weight excluding hydrogens is 320 g/mol. The molecular formula is C14H18N4O4S. The molecule has 0 radical (unpaired) electrons. The van der Waals surface area contributed by atoms with Gasteiger partial charge in [0.1, 0.15) is 0 Å². The van der Waals surface area contributed by atoms with Crippen molar-refractivity contribution in [1.82, 2.24) is 20.2 Å². The summed E-state index contributed by atoms with van der Waals surface area (Å²) in [4.78, 5) is 15.8. The van der Waals surface area contributed by atoms with Crippen LogP contribution < -0.4 is 10.0 Å². The molecule has 23 heavy (non-hydrogen) atoms. The van der Waals surface area contributed by atoms with Crippen molar-refractivity contribution in [3.05, 3.63) is 35.7 Å². The van der Waals surface area contributed by atoms with Crippen molar-refractivity contribution in [2.75, 3.05) is 12.8 Å². The third-order valence-electron chi connectivity index (χ3n) is 2.93. The van der Waals surface area contributed by atoms with Crippen molar-refractivity contribution in [3.8, 4) is 11.4 Å². The Balaban J connectivity index is 1.83. The number of aryl methyl sites for hydroxylation is 1. The van der Waals surface area contributed by atoms with Gasteiger partial charge in [0.05, 0.1) is 12.8 Å². The second kappa shape index (κ2) is 7.34. The quantitative estimate of drug-likeness (QED) is 0.764. The second-order valence-electron chi connectivity index (χ2n) is 5.07. The van der Waals surface area contributed by atoms with E-state index in [0.29, 0.717) is 5.82 Å². The number of sulfonamides is 1. The van der Waals surface area contributed by atoms with Crippen LogP contribution in [0, 0.1) is 6.92 Å². The van der Waals surface area contributed by atoms with Gasteiger partial charge in [0.25, 0.3) is 0 Å². The minimum Gasteiger partial charge on any atom is -0.347 e. The number of amides is 1. The number of hydrogen-bond acceptors (Lipinski definition) is 6. The van der Waals surface area contributed by atoms with Crippen LogP contribution in [0.15, 0.2) is 28.8 Å². The summed E-state index contributed by atoms with van der Waals surface area (Å²) < 4.78 is 29.1. The van der Waals surface area contributed by atoms with Gasteiger partial charge in [0.15, 0.2) is 0 Å². The highest BCUT2D eigenvalue weighted by Gasteiger charge is 2.10. The number of carbonyl (C=O) groups is 1. The molecule has 0 spiro atoms. The van der Waals surface area contributed by atoms with Crippen molar-refractivity contribution in [2.24, 2.45) is 0 Å². The molecule has 1 aromatic carbocycles. The zero-order valence-electron chi connectivity index (χ0n) is 12.9. The molecule has 0 atom stereocenters. The van der Waals surface area contributed by atoms with Gasteiger partial charge in [-0.2, -0.15) is 4.98 Å². The highest BCUT2D eigenvalue weighted by Crippen LogP contribution is 2.16. The van der Waals surface area contributed by atoms with Crippen LogP contribution in [0.25, 0.3) is 11.4 Å². The van der Waals surface area contributed by atoms with Crippen LogP contribution in [0.4, 0.5) is 0 Å². The molecule has 9 heteroatoms. The van der Waals surface area contributed by atoms with Crippen molar-refractivity contribution < 1.29 is 17.7 Å². The van der Waals surface area contributed by atoms with E-state index < -0.39 is 10.0 Å². The van der Waals surface area contributed by atoms with Crippen LogP contribution >= 0.6 is 0 Å². The predicted octanol–water partition coefficient (Wildman–Crippen LogP) is 0.601. The molecule has 0 saturated heterocycles. The Morgan fingerprint density at radius 3 is 2.61 bits per heavy atom. The predicted molar refractivity (Wildman–Crippen MR) is 83.8 cm³/mol. The highest BCUT2D eigenvalue weighted by molar-refractivity contribution is 7.88. The van der Waals surface area contributed by atoms with Gasteiger partial charge in [-0.05, 0) is 6.92 Å². The maximum atomic E-state index is 11.6. The largest absolute Gasteiger partial charge is 0.347 e. The third-order valence-corrected chi connectivity index (χ3v) is 3.66. The maximum absolute atomic E-state index is 11.6. The van der Waals surface area contributed by atoms with E-state index in [1.807, 2.05) is 31.2 Å². The number of nitrogens with one attached hydrogen (secondary N) is 2. The Hall–Kier alpha value is -2.26. The lowest BCUT2D eigenvalue weighted by molar-refractivity contribution is -0.121. The van der Waals surface area contributed by atoms with Crippen LogP contribution in [-0.4, -0.2) is 37.3 Å². The van der Waals surface area contributed by atoms with Gasteiger partial charge in [-0.25, -0.2) is 13.1 Å². The molecule has 0 bridgehead atoms. The number of rotatable bonds is 7. The SMILES string of the molecule is Cc1ccc(-c2noc(CNC(=O)CCNS(C)(=O)=O)n2)cc1. The minimum atomic E-state index is -3.29. The first-order chi connectivity index (χ1) is 10.8. The fourth-order valence-corrected chi connectivity index (χ4v) is 2.23. The van der Waals surface area contributed by atoms with Gasteiger partial charge < -0.3 is 9.84 Å². The molecule has 0 fully saturated rings. The average Bonchev–Trinajstić information content (AvgIpc) is 2.93. The Morgan fingerprint density at radius 2 is 1.96 bits per heavy atom. The summed E-state index contributed by atoms with van der Waals surface area (Å²) in [5.41, 5.74) is 1.96. The lowest BCUT2D eigenvalue weighted by Crippen LogP contribution is -2.29. The molecule has 1 amide bonds. The van der Waals surface area contributed by atoms with E-state index in [9.17, 15) is 13.2 Å². The van der Waals surface area contributed by atoms with Gasteiger partial charge in [-0.3, -0.25) is 4.79 Å². The first kappa shape index (κ1) is 17.1. The highest BCUT2D eigenvalue weighted by atomic mass is 32.2. The summed E-state index contributed by atoms with van der Waals surface area (Å²) in [7, 11) is -3.29. The Morgan fingerprint density at radius 1 is 1.26 bits per heavy atom.